The highest BCUT2D eigenvalue weighted by Gasteiger charge is 2.10. The average Bonchev–Trinajstić information content (AvgIpc) is 2.85. The lowest BCUT2D eigenvalue weighted by Crippen LogP contribution is -2.11. The molecule has 2 aromatic heterocycles. The van der Waals surface area contributed by atoms with E-state index in [0.29, 0.717) is 19.8 Å². The number of nitrogens with one attached hydrogen (secondary N) is 1. The van der Waals surface area contributed by atoms with E-state index in [1.165, 1.54) is 4.88 Å². The molecule has 108 valence electrons. The van der Waals surface area contributed by atoms with Crippen LogP contribution in [0.15, 0.2) is 18.7 Å². The normalized spacial score (nSPS) is 10.9. The van der Waals surface area contributed by atoms with Crippen molar-refractivity contribution in [3.63, 3.8) is 0 Å². The first-order chi connectivity index (χ1) is 9.74. The van der Waals surface area contributed by atoms with Crippen molar-refractivity contribution in [3.8, 4) is 0 Å². The van der Waals surface area contributed by atoms with Crippen LogP contribution in [0, 0.1) is 0 Å². The number of aromatic nitrogens is 2. The molecule has 0 radical (unpaired) electrons. The van der Waals surface area contributed by atoms with E-state index in [1.54, 1.807) is 11.3 Å². The summed E-state index contributed by atoms with van der Waals surface area (Å²) in [4.78, 5) is 10.7. The fourth-order valence-corrected chi connectivity index (χ4v) is 2.95. The minimum atomic E-state index is 0.275. The second-order valence-electron chi connectivity index (χ2n) is 4.24. The van der Waals surface area contributed by atoms with Crippen LogP contribution in [0.5, 0.6) is 0 Å². The summed E-state index contributed by atoms with van der Waals surface area (Å²) in [6.07, 6.45) is 3.70. The van der Waals surface area contributed by atoms with Crippen LogP contribution in [0.25, 0.3) is 10.2 Å². The Hall–Kier alpha value is -1.17. The van der Waals surface area contributed by atoms with Crippen molar-refractivity contribution in [2.24, 2.45) is 0 Å². The summed E-state index contributed by atoms with van der Waals surface area (Å²) in [7, 11) is 0. The highest BCUT2D eigenvalue weighted by molar-refractivity contribution is 7.18. The average molecular weight is 312 g/mol. The zero-order valence-electron chi connectivity index (χ0n) is 11.5. The van der Waals surface area contributed by atoms with Gasteiger partial charge in [-0.2, -0.15) is 0 Å². The molecular formula is C14H18ClN3OS. The molecule has 4 nitrogen and oxygen atoms in total. The minimum absolute atomic E-state index is 0.275. The number of thiophene rings is 1. The largest absolute Gasteiger partial charge is 0.379 e. The van der Waals surface area contributed by atoms with Crippen molar-refractivity contribution >= 4 is 39.0 Å². The Morgan fingerprint density at radius 2 is 2.30 bits per heavy atom. The van der Waals surface area contributed by atoms with Crippen LogP contribution in [0.2, 0.25) is 5.28 Å². The van der Waals surface area contributed by atoms with Gasteiger partial charge < -0.3 is 10.1 Å². The molecule has 0 saturated heterocycles. The molecule has 0 unspecified atom stereocenters. The fourth-order valence-electron chi connectivity index (χ4n) is 1.76. The van der Waals surface area contributed by atoms with Gasteiger partial charge in [0, 0.05) is 11.4 Å². The first kappa shape index (κ1) is 15.2. The second kappa shape index (κ2) is 7.57. The van der Waals surface area contributed by atoms with Gasteiger partial charge in [0.25, 0.3) is 0 Å². The van der Waals surface area contributed by atoms with Gasteiger partial charge in [0.1, 0.15) is 10.6 Å². The summed E-state index contributed by atoms with van der Waals surface area (Å²) in [6.45, 7) is 7.80. The van der Waals surface area contributed by atoms with E-state index in [9.17, 15) is 0 Å². The van der Waals surface area contributed by atoms with Gasteiger partial charge in [0.2, 0.25) is 5.28 Å². The predicted octanol–water partition coefficient (Wildman–Crippen LogP) is 3.91. The molecule has 0 saturated carbocycles. The van der Waals surface area contributed by atoms with Crippen molar-refractivity contribution in [1.82, 2.24) is 9.97 Å². The summed E-state index contributed by atoms with van der Waals surface area (Å²) in [5.74, 6) is 0.781. The Balaban J connectivity index is 2.01. The van der Waals surface area contributed by atoms with E-state index in [-0.39, 0.29) is 5.28 Å². The maximum absolute atomic E-state index is 5.96. The first-order valence-electron chi connectivity index (χ1n) is 6.63. The third-order valence-corrected chi connectivity index (χ3v) is 4.11. The van der Waals surface area contributed by atoms with Crippen molar-refractivity contribution < 1.29 is 4.74 Å². The number of fused-ring (bicyclic) bond motifs is 1. The van der Waals surface area contributed by atoms with Gasteiger partial charge in [-0.05, 0) is 30.5 Å². The number of hydrogen-bond donors (Lipinski definition) is 1. The van der Waals surface area contributed by atoms with Gasteiger partial charge in [-0.3, -0.25) is 0 Å². The van der Waals surface area contributed by atoms with Crippen LogP contribution in [0.1, 0.15) is 18.2 Å². The van der Waals surface area contributed by atoms with Gasteiger partial charge in [0.15, 0.2) is 0 Å². The van der Waals surface area contributed by atoms with Crippen LogP contribution in [-0.4, -0.2) is 29.7 Å². The zero-order chi connectivity index (χ0) is 14.4. The third-order valence-electron chi connectivity index (χ3n) is 2.77. The van der Waals surface area contributed by atoms with E-state index in [2.05, 4.69) is 34.9 Å². The number of nitrogens with zero attached hydrogens (tertiary/aromatic N) is 2. The molecule has 2 aromatic rings. The van der Waals surface area contributed by atoms with Crippen LogP contribution in [0.4, 0.5) is 5.82 Å². The quantitative estimate of drug-likeness (QED) is 0.456. The maximum Gasteiger partial charge on any atom is 0.225 e. The standard InChI is InChI=1S/C14H18ClN3OS/c1-3-5-7-19-8-6-16-12-11-9-10(4-2)20-13(11)18-14(15)17-12/h3,9H,1,4-8H2,2H3,(H,16,17,18). The second-order valence-corrected chi connectivity index (χ2v) is 5.70. The highest BCUT2D eigenvalue weighted by Crippen LogP contribution is 2.30. The summed E-state index contributed by atoms with van der Waals surface area (Å²) in [5.41, 5.74) is 0. The third kappa shape index (κ3) is 3.91. The molecule has 2 rings (SSSR count). The van der Waals surface area contributed by atoms with E-state index >= 15 is 0 Å². The summed E-state index contributed by atoms with van der Waals surface area (Å²) in [5, 5.41) is 4.57. The Kier molecular flexibility index (Phi) is 5.76. The Morgan fingerprint density at radius 3 is 3.05 bits per heavy atom. The smallest absolute Gasteiger partial charge is 0.225 e. The van der Waals surface area contributed by atoms with Gasteiger partial charge in [0.05, 0.1) is 18.6 Å². The molecule has 0 aromatic carbocycles. The van der Waals surface area contributed by atoms with Crippen LogP contribution in [-0.2, 0) is 11.2 Å². The summed E-state index contributed by atoms with van der Waals surface area (Å²) in [6, 6.07) is 2.12. The molecule has 6 heteroatoms. The topological polar surface area (TPSA) is 47.0 Å². The van der Waals surface area contributed by atoms with E-state index < -0.39 is 0 Å². The molecule has 0 bridgehead atoms. The highest BCUT2D eigenvalue weighted by atomic mass is 35.5. The summed E-state index contributed by atoms with van der Waals surface area (Å²) >= 11 is 7.62. The molecule has 20 heavy (non-hydrogen) atoms. The molecule has 0 fully saturated rings. The van der Waals surface area contributed by atoms with Crippen molar-refractivity contribution in [1.29, 1.82) is 0 Å². The van der Waals surface area contributed by atoms with Crippen molar-refractivity contribution in [2.45, 2.75) is 19.8 Å². The molecule has 0 aliphatic rings. The number of halogens is 1. The number of ether oxygens (including phenoxy) is 1. The number of rotatable bonds is 8. The zero-order valence-corrected chi connectivity index (χ0v) is 13.1. The fraction of sp³-hybridized carbons (Fsp3) is 0.429. The maximum atomic E-state index is 5.96. The number of hydrogen-bond acceptors (Lipinski definition) is 5. The lowest BCUT2D eigenvalue weighted by Gasteiger charge is -2.07. The Labute approximate surface area is 127 Å². The van der Waals surface area contributed by atoms with Crippen molar-refractivity contribution in [3.05, 3.63) is 28.9 Å². The molecule has 0 amide bonds. The summed E-state index contributed by atoms with van der Waals surface area (Å²) < 4.78 is 5.46. The monoisotopic (exact) mass is 311 g/mol. The minimum Gasteiger partial charge on any atom is -0.379 e. The van der Waals surface area contributed by atoms with Crippen LogP contribution < -0.4 is 5.32 Å². The molecule has 0 aliphatic heterocycles. The van der Waals surface area contributed by atoms with Gasteiger partial charge in [-0.25, -0.2) is 9.97 Å². The Morgan fingerprint density at radius 1 is 1.45 bits per heavy atom. The van der Waals surface area contributed by atoms with Crippen LogP contribution in [0.3, 0.4) is 0 Å². The van der Waals surface area contributed by atoms with Crippen LogP contribution >= 0.6 is 22.9 Å². The van der Waals surface area contributed by atoms with E-state index in [1.807, 2.05) is 6.08 Å². The first-order valence-corrected chi connectivity index (χ1v) is 7.82. The number of anilines is 1. The molecule has 2 heterocycles. The SMILES string of the molecule is C=CCCOCCNc1nc(Cl)nc2sc(CC)cc12. The molecule has 0 atom stereocenters. The lowest BCUT2D eigenvalue weighted by atomic mass is 10.3. The van der Waals surface area contributed by atoms with Gasteiger partial charge in [-0.15, -0.1) is 17.9 Å². The van der Waals surface area contributed by atoms with E-state index in [4.69, 9.17) is 16.3 Å². The molecule has 1 N–H and O–H groups in total. The lowest BCUT2D eigenvalue weighted by molar-refractivity contribution is 0.149. The molecule has 0 aliphatic carbocycles. The predicted molar refractivity (Wildman–Crippen MR) is 85.9 cm³/mol. The Bertz CT molecular complexity index is 585. The van der Waals surface area contributed by atoms with Gasteiger partial charge >= 0.3 is 0 Å². The van der Waals surface area contributed by atoms with Gasteiger partial charge in [-0.1, -0.05) is 13.0 Å². The van der Waals surface area contributed by atoms with Crippen molar-refractivity contribution in [2.75, 3.05) is 25.1 Å². The van der Waals surface area contributed by atoms with E-state index in [0.717, 1.165) is 28.9 Å². The molecular weight excluding hydrogens is 294 g/mol. The molecule has 0 spiro atoms. The number of aryl methyl sites for hydroxylation is 1.